The zero-order valence-electron chi connectivity index (χ0n) is 13.7. The predicted molar refractivity (Wildman–Crippen MR) is 88.9 cm³/mol. The average Bonchev–Trinajstić information content (AvgIpc) is 2.87. The van der Waals surface area contributed by atoms with Gasteiger partial charge < -0.3 is 5.11 Å². The summed E-state index contributed by atoms with van der Waals surface area (Å²) in [6.07, 6.45) is 19.6. The third-order valence-corrected chi connectivity index (χ3v) is 4.32. The van der Waals surface area contributed by atoms with E-state index in [0.29, 0.717) is 0 Å². The summed E-state index contributed by atoms with van der Waals surface area (Å²) in [4.78, 5) is 0. The molecule has 0 amide bonds. The Morgan fingerprint density at radius 3 is 1.95 bits per heavy atom. The number of hydrogen-bond donors (Lipinski definition) is 1. The lowest BCUT2D eigenvalue weighted by Crippen LogP contribution is -2.09. The standard InChI is InChI=1S/C19H34O/c1-3-4-5-6-7-8-9-10-11-12-13-19(20)18-15-14-17(2)16-18/h14-15,19-20H,3-13,16H2,1-2H3. The van der Waals surface area contributed by atoms with Gasteiger partial charge in [0.1, 0.15) is 0 Å². The van der Waals surface area contributed by atoms with E-state index in [1.54, 1.807) is 0 Å². The van der Waals surface area contributed by atoms with Crippen LogP contribution in [0.25, 0.3) is 0 Å². The van der Waals surface area contributed by atoms with Crippen LogP contribution in [0, 0.1) is 0 Å². The molecule has 0 aromatic rings. The summed E-state index contributed by atoms with van der Waals surface area (Å²) in [5.41, 5.74) is 2.60. The molecule has 0 heterocycles. The Morgan fingerprint density at radius 2 is 1.45 bits per heavy atom. The first-order valence-corrected chi connectivity index (χ1v) is 8.78. The Labute approximate surface area is 126 Å². The third kappa shape index (κ3) is 7.89. The predicted octanol–water partition coefficient (Wildman–Crippen LogP) is 5.93. The van der Waals surface area contributed by atoms with E-state index in [2.05, 4.69) is 26.0 Å². The first-order valence-electron chi connectivity index (χ1n) is 8.78. The summed E-state index contributed by atoms with van der Waals surface area (Å²) >= 11 is 0. The SMILES string of the molecule is CCCCCCCCCCCCC(O)C1=CC=C(C)C1. The second-order valence-electron chi connectivity index (χ2n) is 6.42. The highest BCUT2D eigenvalue weighted by atomic mass is 16.3. The molecule has 0 aromatic heterocycles. The molecule has 0 saturated heterocycles. The minimum Gasteiger partial charge on any atom is -0.389 e. The molecular formula is C19H34O. The van der Waals surface area contributed by atoms with Crippen molar-refractivity contribution in [2.24, 2.45) is 0 Å². The molecule has 0 radical (unpaired) electrons. The van der Waals surface area contributed by atoms with Gasteiger partial charge in [-0.3, -0.25) is 0 Å². The molecule has 20 heavy (non-hydrogen) atoms. The van der Waals surface area contributed by atoms with E-state index < -0.39 is 0 Å². The lowest BCUT2D eigenvalue weighted by Gasteiger charge is -2.12. The Bertz CT molecular complexity index is 301. The lowest BCUT2D eigenvalue weighted by atomic mass is 10.00. The van der Waals surface area contributed by atoms with Crippen LogP contribution >= 0.6 is 0 Å². The number of hydrogen-bond acceptors (Lipinski definition) is 1. The molecule has 1 nitrogen and oxygen atoms in total. The quantitative estimate of drug-likeness (QED) is 0.438. The summed E-state index contributed by atoms with van der Waals surface area (Å²) in [7, 11) is 0. The van der Waals surface area contributed by atoms with Crippen LogP contribution in [0.2, 0.25) is 0 Å². The van der Waals surface area contributed by atoms with Crippen molar-refractivity contribution in [2.45, 2.75) is 97.0 Å². The Kier molecular flexibility index (Phi) is 9.74. The van der Waals surface area contributed by atoms with Gasteiger partial charge in [0.25, 0.3) is 0 Å². The molecule has 0 spiro atoms. The van der Waals surface area contributed by atoms with Crippen molar-refractivity contribution in [2.75, 3.05) is 0 Å². The van der Waals surface area contributed by atoms with E-state index in [1.807, 2.05) is 0 Å². The number of allylic oxidation sites excluding steroid dienone is 3. The van der Waals surface area contributed by atoms with Crippen LogP contribution in [0.3, 0.4) is 0 Å². The lowest BCUT2D eigenvalue weighted by molar-refractivity contribution is 0.194. The molecule has 0 fully saturated rings. The van der Waals surface area contributed by atoms with E-state index in [0.717, 1.165) is 12.8 Å². The fourth-order valence-electron chi connectivity index (χ4n) is 2.93. The molecule has 0 aromatic carbocycles. The van der Waals surface area contributed by atoms with Gasteiger partial charge >= 0.3 is 0 Å². The first-order chi connectivity index (χ1) is 9.74. The normalized spacial score (nSPS) is 16.1. The molecule has 1 aliphatic rings. The van der Waals surface area contributed by atoms with Crippen molar-refractivity contribution in [3.8, 4) is 0 Å². The average molecular weight is 278 g/mol. The maximum absolute atomic E-state index is 10.1. The minimum absolute atomic E-state index is 0.197. The first kappa shape index (κ1) is 17.5. The van der Waals surface area contributed by atoms with Crippen LogP contribution in [-0.2, 0) is 0 Å². The fourth-order valence-corrected chi connectivity index (χ4v) is 2.93. The van der Waals surface area contributed by atoms with Crippen LogP contribution < -0.4 is 0 Å². The maximum Gasteiger partial charge on any atom is 0.0756 e. The van der Waals surface area contributed by atoms with Crippen molar-refractivity contribution in [3.05, 3.63) is 23.3 Å². The van der Waals surface area contributed by atoms with Gasteiger partial charge in [0.2, 0.25) is 0 Å². The van der Waals surface area contributed by atoms with Gasteiger partial charge in [-0.1, -0.05) is 88.9 Å². The molecule has 0 aliphatic heterocycles. The second-order valence-corrected chi connectivity index (χ2v) is 6.42. The van der Waals surface area contributed by atoms with Crippen LogP contribution in [0.4, 0.5) is 0 Å². The van der Waals surface area contributed by atoms with E-state index in [4.69, 9.17) is 0 Å². The van der Waals surface area contributed by atoms with Crippen LogP contribution in [0.5, 0.6) is 0 Å². The zero-order chi connectivity index (χ0) is 14.6. The van der Waals surface area contributed by atoms with Crippen molar-refractivity contribution >= 4 is 0 Å². The second kappa shape index (κ2) is 11.1. The topological polar surface area (TPSA) is 20.2 Å². The van der Waals surface area contributed by atoms with Crippen LogP contribution in [0.15, 0.2) is 23.3 Å². The fraction of sp³-hybridized carbons (Fsp3) is 0.789. The molecule has 0 bridgehead atoms. The van der Waals surface area contributed by atoms with Crippen molar-refractivity contribution in [1.82, 2.24) is 0 Å². The zero-order valence-corrected chi connectivity index (χ0v) is 13.7. The van der Waals surface area contributed by atoms with Crippen LogP contribution in [0.1, 0.15) is 90.9 Å². The van der Waals surface area contributed by atoms with Gasteiger partial charge in [0.05, 0.1) is 6.10 Å². The van der Waals surface area contributed by atoms with Crippen LogP contribution in [-0.4, -0.2) is 11.2 Å². The number of unbranched alkanes of at least 4 members (excludes halogenated alkanes) is 9. The van der Waals surface area contributed by atoms with E-state index in [9.17, 15) is 5.11 Å². The molecule has 116 valence electrons. The summed E-state index contributed by atoms with van der Waals surface area (Å²) < 4.78 is 0. The van der Waals surface area contributed by atoms with Crippen molar-refractivity contribution < 1.29 is 5.11 Å². The summed E-state index contributed by atoms with van der Waals surface area (Å²) in [5, 5.41) is 10.1. The van der Waals surface area contributed by atoms with Crippen molar-refractivity contribution in [1.29, 1.82) is 0 Å². The smallest absolute Gasteiger partial charge is 0.0756 e. The van der Waals surface area contributed by atoms with E-state index >= 15 is 0 Å². The molecule has 1 heteroatoms. The number of aliphatic hydroxyl groups excluding tert-OH is 1. The highest BCUT2D eigenvalue weighted by Gasteiger charge is 2.13. The highest BCUT2D eigenvalue weighted by molar-refractivity contribution is 5.31. The monoisotopic (exact) mass is 278 g/mol. The molecule has 1 N–H and O–H groups in total. The molecule has 1 aliphatic carbocycles. The Morgan fingerprint density at radius 1 is 0.900 bits per heavy atom. The molecule has 0 saturated carbocycles. The maximum atomic E-state index is 10.1. The van der Waals surface area contributed by atoms with Gasteiger partial charge in [0.15, 0.2) is 0 Å². The summed E-state index contributed by atoms with van der Waals surface area (Å²) in [5.74, 6) is 0. The number of rotatable bonds is 12. The largest absolute Gasteiger partial charge is 0.389 e. The molecular weight excluding hydrogens is 244 g/mol. The molecule has 1 rings (SSSR count). The summed E-state index contributed by atoms with van der Waals surface area (Å²) in [6.45, 7) is 4.41. The summed E-state index contributed by atoms with van der Waals surface area (Å²) in [6, 6.07) is 0. The van der Waals surface area contributed by atoms with E-state index in [-0.39, 0.29) is 6.10 Å². The molecule has 1 atom stereocenters. The minimum atomic E-state index is -0.197. The Hall–Kier alpha value is -0.560. The Balaban J connectivity index is 1.85. The van der Waals surface area contributed by atoms with Gasteiger partial charge in [0, 0.05) is 0 Å². The van der Waals surface area contributed by atoms with Gasteiger partial charge in [-0.2, -0.15) is 0 Å². The van der Waals surface area contributed by atoms with Gasteiger partial charge in [-0.25, -0.2) is 0 Å². The number of aliphatic hydroxyl groups is 1. The van der Waals surface area contributed by atoms with E-state index in [1.165, 1.54) is 75.4 Å². The molecule has 1 unspecified atom stereocenters. The van der Waals surface area contributed by atoms with Gasteiger partial charge in [-0.05, 0) is 25.3 Å². The van der Waals surface area contributed by atoms with Crippen molar-refractivity contribution in [3.63, 3.8) is 0 Å². The van der Waals surface area contributed by atoms with Gasteiger partial charge in [-0.15, -0.1) is 0 Å². The third-order valence-electron chi connectivity index (χ3n) is 4.32. The highest BCUT2D eigenvalue weighted by Crippen LogP contribution is 2.24.